The second kappa shape index (κ2) is 4.69. The Morgan fingerprint density at radius 3 is 2.64 bits per heavy atom. The first-order valence-electron chi connectivity index (χ1n) is 4.48. The molecule has 0 aromatic heterocycles. The summed E-state index contributed by atoms with van der Waals surface area (Å²) in [7, 11) is 0. The first-order chi connectivity index (χ1) is 6.56. The largest absolute Gasteiger partial charge is 0.298 e. The van der Waals surface area contributed by atoms with E-state index in [0.717, 1.165) is 10.0 Å². The summed E-state index contributed by atoms with van der Waals surface area (Å²) in [5, 5.41) is 0. The van der Waals surface area contributed by atoms with Crippen molar-refractivity contribution in [2.45, 2.75) is 20.3 Å². The van der Waals surface area contributed by atoms with Crippen molar-refractivity contribution < 1.29 is 9.18 Å². The van der Waals surface area contributed by atoms with Crippen LogP contribution in [0.4, 0.5) is 4.39 Å². The first kappa shape index (κ1) is 11.4. The zero-order valence-electron chi connectivity index (χ0n) is 8.18. The summed E-state index contributed by atoms with van der Waals surface area (Å²) in [5.74, 6) is -0.0503. The Balaban J connectivity index is 3.22. The molecule has 1 rings (SSSR count). The van der Waals surface area contributed by atoms with Crippen LogP contribution in [-0.4, -0.2) is 6.29 Å². The van der Waals surface area contributed by atoms with Gasteiger partial charge in [-0.1, -0.05) is 29.8 Å². The van der Waals surface area contributed by atoms with E-state index in [0.29, 0.717) is 18.6 Å². The molecule has 0 fully saturated rings. The number of carbonyl (C=O) groups is 1. The van der Waals surface area contributed by atoms with Crippen molar-refractivity contribution in [2.75, 3.05) is 0 Å². The average Bonchev–Trinajstić information content (AvgIpc) is 2.11. The van der Waals surface area contributed by atoms with Crippen LogP contribution in [-0.2, 0) is 6.42 Å². The monoisotopic (exact) mass is 258 g/mol. The number of hydrogen-bond donors (Lipinski definition) is 0. The van der Waals surface area contributed by atoms with Crippen LogP contribution < -0.4 is 0 Å². The van der Waals surface area contributed by atoms with E-state index in [1.54, 1.807) is 6.07 Å². The van der Waals surface area contributed by atoms with Gasteiger partial charge < -0.3 is 0 Å². The molecule has 3 heteroatoms. The maximum absolute atomic E-state index is 13.2. The number of carbonyl (C=O) groups excluding carboxylic acids is 1. The highest BCUT2D eigenvalue weighted by molar-refractivity contribution is 9.10. The summed E-state index contributed by atoms with van der Waals surface area (Å²) < 4.78 is 14.0. The summed E-state index contributed by atoms with van der Waals surface area (Å²) in [5.41, 5.74) is 0.933. The highest BCUT2D eigenvalue weighted by atomic mass is 79.9. The Morgan fingerprint density at radius 2 is 2.14 bits per heavy atom. The van der Waals surface area contributed by atoms with Crippen LogP contribution in [0.2, 0.25) is 0 Å². The van der Waals surface area contributed by atoms with E-state index >= 15 is 0 Å². The minimum atomic E-state index is -0.446. The topological polar surface area (TPSA) is 17.1 Å². The smallest absolute Gasteiger partial charge is 0.153 e. The lowest BCUT2D eigenvalue weighted by molar-refractivity contribution is 0.111. The van der Waals surface area contributed by atoms with Gasteiger partial charge in [-0.25, -0.2) is 4.39 Å². The van der Waals surface area contributed by atoms with Gasteiger partial charge in [-0.3, -0.25) is 4.79 Å². The molecule has 1 aromatic rings. The van der Waals surface area contributed by atoms with Gasteiger partial charge in [0.1, 0.15) is 5.82 Å². The summed E-state index contributed by atoms with van der Waals surface area (Å²) in [6, 6.07) is 2.94. The van der Waals surface area contributed by atoms with E-state index in [4.69, 9.17) is 0 Å². The molecule has 76 valence electrons. The van der Waals surface area contributed by atoms with Gasteiger partial charge in [0.05, 0.1) is 5.56 Å². The summed E-state index contributed by atoms with van der Waals surface area (Å²) in [4.78, 5) is 10.7. The van der Waals surface area contributed by atoms with Crippen molar-refractivity contribution in [3.05, 3.63) is 33.5 Å². The van der Waals surface area contributed by atoms with Gasteiger partial charge in [0, 0.05) is 4.47 Å². The van der Waals surface area contributed by atoms with Gasteiger partial charge >= 0.3 is 0 Å². The van der Waals surface area contributed by atoms with E-state index in [1.807, 2.05) is 13.8 Å². The van der Waals surface area contributed by atoms with Crippen molar-refractivity contribution in [1.29, 1.82) is 0 Å². The van der Waals surface area contributed by atoms with E-state index in [1.165, 1.54) is 6.07 Å². The predicted octanol–water partition coefficient (Wildman–Crippen LogP) is 3.60. The van der Waals surface area contributed by atoms with Gasteiger partial charge in [-0.05, 0) is 30.0 Å². The van der Waals surface area contributed by atoms with Crippen molar-refractivity contribution in [1.82, 2.24) is 0 Å². The quantitative estimate of drug-likeness (QED) is 0.758. The molecule has 14 heavy (non-hydrogen) atoms. The Hall–Kier alpha value is -0.700. The fourth-order valence-corrected chi connectivity index (χ4v) is 1.86. The highest BCUT2D eigenvalue weighted by Gasteiger charge is 2.12. The van der Waals surface area contributed by atoms with Gasteiger partial charge in [0.15, 0.2) is 6.29 Å². The lowest BCUT2D eigenvalue weighted by Crippen LogP contribution is -2.02. The van der Waals surface area contributed by atoms with Crippen LogP contribution in [0.3, 0.4) is 0 Å². The van der Waals surface area contributed by atoms with Crippen LogP contribution in [0.5, 0.6) is 0 Å². The normalized spacial score (nSPS) is 10.6. The van der Waals surface area contributed by atoms with Gasteiger partial charge in [-0.15, -0.1) is 0 Å². The Bertz CT molecular complexity index is 347. The molecule has 0 atom stereocenters. The molecule has 0 saturated heterocycles. The van der Waals surface area contributed by atoms with E-state index in [2.05, 4.69) is 15.9 Å². The second-order valence-corrected chi connectivity index (χ2v) is 4.49. The number of halogens is 2. The SMILES string of the molecule is CC(C)Cc1c(Br)ccc(F)c1C=O. The zero-order chi connectivity index (χ0) is 10.7. The van der Waals surface area contributed by atoms with Gasteiger partial charge in [0.25, 0.3) is 0 Å². The van der Waals surface area contributed by atoms with Crippen molar-refractivity contribution in [3.63, 3.8) is 0 Å². The van der Waals surface area contributed by atoms with Crippen molar-refractivity contribution in [2.24, 2.45) is 5.92 Å². The highest BCUT2D eigenvalue weighted by Crippen LogP contribution is 2.24. The molecular formula is C11H12BrFO. The molecule has 0 aliphatic carbocycles. The molecule has 0 N–H and O–H groups in total. The third kappa shape index (κ3) is 2.41. The molecule has 0 aliphatic heterocycles. The summed E-state index contributed by atoms with van der Waals surface area (Å²) in [6.45, 7) is 4.07. The number of aldehydes is 1. The molecule has 0 saturated carbocycles. The minimum Gasteiger partial charge on any atom is -0.298 e. The predicted molar refractivity (Wildman–Crippen MR) is 58.0 cm³/mol. The zero-order valence-corrected chi connectivity index (χ0v) is 9.77. The van der Waals surface area contributed by atoms with Crippen LogP contribution in [0.25, 0.3) is 0 Å². The van der Waals surface area contributed by atoms with Gasteiger partial charge in [-0.2, -0.15) is 0 Å². The Kier molecular flexibility index (Phi) is 3.81. The van der Waals surface area contributed by atoms with Gasteiger partial charge in [0.2, 0.25) is 0 Å². The molecular weight excluding hydrogens is 247 g/mol. The summed E-state index contributed by atoms with van der Waals surface area (Å²) >= 11 is 3.33. The molecule has 0 bridgehead atoms. The lowest BCUT2D eigenvalue weighted by atomic mass is 9.98. The minimum absolute atomic E-state index is 0.174. The molecule has 1 nitrogen and oxygen atoms in total. The van der Waals surface area contributed by atoms with E-state index < -0.39 is 5.82 Å². The maximum Gasteiger partial charge on any atom is 0.153 e. The standard InChI is InChI=1S/C11H12BrFO/c1-7(2)5-8-9(6-14)11(13)4-3-10(8)12/h3-4,6-7H,5H2,1-2H3. The Morgan fingerprint density at radius 1 is 1.50 bits per heavy atom. The molecule has 0 amide bonds. The van der Waals surface area contributed by atoms with Crippen LogP contribution in [0.15, 0.2) is 16.6 Å². The lowest BCUT2D eigenvalue weighted by Gasteiger charge is -2.10. The van der Waals surface area contributed by atoms with E-state index in [-0.39, 0.29) is 5.56 Å². The second-order valence-electron chi connectivity index (χ2n) is 3.64. The van der Waals surface area contributed by atoms with Crippen LogP contribution in [0, 0.1) is 11.7 Å². The fourth-order valence-electron chi connectivity index (χ4n) is 1.35. The third-order valence-electron chi connectivity index (χ3n) is 1.98. The fraction of sp³-hybridized carbons (Fsp3) is 0.364. The maximum atomic E-state index is 13.2. The van der Waals surface area contributed by atoms with Crippen molar-refractivity contribution >= 4 is 22.2 Å². The molecule has 0 unspecified atom stereocenters. The van der Waals surface area contributed by atoms with E-state index in [9.17, 15) is 9.18 Å². The summed E-state index contributed by atoms with van der Waals surface area (Å²) in [6.07, 6.45) is 1.28. The molecule has 0 radical (unpaired) electrons. The van der Waals surface area contributed by atoms with Crippen molar-refractivity contribution in [3.8, 4) is 0 Å². The number of hydrogen-bond acceptors (Lipinski definition) is 1. The molecule has 0 heterocycles. The van der Waals surface area contributed by atoms with Crippen LogP contribution in [0.1, 0.15) is 29.8 Å². The third-order valence-corrected chi connectivity index (χ3v) is 2.72. The first-order valence-corrected chi connectivity index (χ1v) is 5.27. The average molecular weight is 259 g/mol. The Labute approximate surface area is 91.5 Å². The van der Waals surface area contributed by atoms with Crippen LogP contribution >= 0.6 is 15.9 Å². The molecule has 0 spiro atoms. The molecule has 1 aromatic carbocycles. The number of rotatable bonds is 3. The number of benzene rings is 1. The molecule has 0 aliphatic rings.